The van der Waals surface area contributed by atoms with E-state index in [2.05, 4.69) is 191 Å². The molecule has 0 unspecified atom stereocenters. The van der Waals surface area contributed by atoms with Crippen molar-refractivity contribution in [2.75, 3.05) is 0 Å². The van der Waals surface area contributed by atoms with Crippen LogP contribution in [0.1, 0.15) is 0 Å². The van der Waals surface area contributed by atoms with Crippen molar-refractivity contribution in [1.29, 1.82) is 0 Å². The topological polar surface area (TPSA) is 35.1 Å². The van der Waals surface area contributed by atoms with E-state index < -0.39 is 0 Å². The third kappa shape index (κ3) is 4.84. The van der Waals surface area contributed by atoms with Gasteiger partial charge in [0.05, 0.1) is 27.8 Å². The summed E-state index contributed by atoms with van der Waals surface area (Å²) in [5, 5.41) is 0. The first kappa shape index (κ1) is 29.8. The Morgan fingerprint density at radius 2 is 0.962 bits per heavy atom. The van der Waals surface area contributed by atoms with E-state index in [9.17, 15) is 0 Å². The molecule has 0 radical (unpaired) electrons. The highest BCUT2D eigenvalue weighted by atomic mass is 15.2. The summed E-state index contributed by atoms with van der Waals surface area (Å²) in [6.45, 7) is 0. The van der Waals surface area contributed by atoms with Crippen LogP contribution in [0.4, 0.5) is 0 Å². The minimum absolute atomic E-state index is 0.890. The first-order chi connectivity index (χ1) is 25.8. The van der Waals surface area contributed by atoms with Gasteiger partial charge >= 0.3 is 0 Å². The zero-order valence-corrected chi connectivity index (χ0v) is 28.3. The lowest BCUT2D eigenvalue weighted by atomic mass is 9.79. The van der Waals surface area contributed by atoms with Crippen LogP contribution < -0.4 is 0 Å². The molecule has 0 spiro atoms. The van der Waals surface area contributed by atoms with Gasteiger partial charge in [-0.25, -0.2) is 4.98 Å². The highest BCUT2D eigenvalue weighted by molar-refractivity contribution is 6.07. The number of hydrogen-bond acceptors (Lipinski definition) is 2. The Bertz CT molecular complexity index is 2870. The van der Waals surface area contributed by atoms with Crippen LogP contribution in [0.5, 0.6) is 0 Å². The number of hydrogen-bond donors (Lipinski definition) is 0. The SMILES string of the molecule is c1ccc(-c2cc(-c3ccccn3)c(-c3ccccc3)c(-c3ccccc3)c2-c2cccc(-n3c4ccccc4n4c5ccccc5nc34)c2)cc1. The monoisotopic (exact) mass is 664 g/mol. The molecule has 0 bridgehead atoms. The lowest BCUT2D eigenvalue weighted by Crippen LogP contribution is -2.00. The van der Waals surface area contributed by atoms with E-state index in [4.69, 9.17) is 9.97 Å². The van der Waals surface area contributed by atoms with Gasteiger partial charge in [-0.2, -0.15) is 0 Å². The molecule has 4 heteroatoms. The van der Waals surface area contributed by atoms with Crippen molar-refractivity contribution in [2.24, 2.45) is 0 Å². The van der Waals surface area contributed by atoms with Gasteiger partial charge in [-0.05, 0) is 99.1 Å². The summed E-state index contributed by atoms with van der Waals surface area (Å²) in [5.74, 6) is 0.890. The number of benzene rings is 7. The van der Waals surface area contributed by atoms with Gasteiger partial charge in [0, 0.05) is 17.4 Å². The molecule has 0 atom stereocenters. The molecule has 0 N–H and O–H groups in total. The smallest absolute Gasteiger partial charge is 0.220 e. The number of nitrogens with zero attached hydrogens (tertiary/aromatic N) is 4. The highest BCUT2D eigenvalue weighted by Crippen LogP contribution is 2.50. The minimum Gasteiger partial charge on any atom is -0.278 e. The summed E-state index contributed by atoms with van der Waals surface area (Å²) in [4.78, 5) is 10.1. The van der Waals surface area contributed by atoms with E-state index in [1.54, 1.807) is 0 Å². The number of imidazole rings is 2. The maximum absolute atomic E-state index is 5.18. The Kier molecular flexibility index (Phi) is 7.10. The Hall–Kier alpha value is -7.04. The van der Waals surface area contributed by atoms with E-state index in [0.29, 0.717) is 0 Å². The first-order valence-corrected chi connectivity index (χ1v) is 17.6. The van der Waals surface area contributed by atoms with Gasteiger partial charge in [0.2, 0.25) is 5.78 Å². The van der Waals surface area contributed by atoms with Crippen molar-refractivity contribution in [3.8, 4) is 61.5 Å². The first-order valence-electron chi connectivity index (χ1n) is 17.6. The molecule has 52 heavy (non-hydrogen) atoms. The highest BCUT2D eigenvalue weighted by Gasteiger charge is 2.25. The van der Waals surface area contributed by atoms with Crippen LogP contribution in [0.3, 0.4) is 0 Å². The Labute approximate surface area is 301 Å². The fourth-order valence-electron chi connectivity index (χ4n) is 7.76. The van der Waals surface area contributed by atoms with Gasteiger partial charge in [0.25, 0.3) is 0 Å². The standard InChI is InChI=1S/C48H32N4/c1-4-17-33(18-5-1)38-32-39(40-25-14-15-30-49-40)45(34-19-6-2-7-20-34)47(35-21-8-3-9-22-35)46(38)36-23-16-24-37(31-36)51-43-28-12-13-29-44(43)52-42-27-11-10-26-41(42)50-48(51)52/h1-32H. The van der Waals surface area contributed by atoms with Crippen LogP contribution in [0.25, 0.3) is 89.3 Å². The van der Waals surface area contributed by atoms with Crippen LogP contribution in [0.2, 0.25) is 0 Å². The van der Waals surface area contributed by atoms with Crippen molar-refractivity contribution in [3.05, 3.63) is 194 Å². The average Bonchev–Trinajstić information content (AvgIpc) is 3.76. The van der Waals surface area contributed by atoms with Crippen LogP contribution in [0.15, 0.2) is 194 Å². The molecule has 10 rings (SSSR count). The number of para-hydroxylation sites is 4. The fraction of sp³-hybridized carbons (Fsp3) is 0. The molecule has 0 aliphatic rings. The van der Waals surface area contributed by atoms with Gasteiger partial charge in [-0.15, -0.1) is 0 Å². The molecule has 10 aromatic rings. The van der Waals surface area contributed by atoms with Crippen molar-refractivity contribution in [2.45, 2.75) is 0 Å². The van der Waals surface area contributed by atoms with Crippen LogP contribution >= 0.6 is 0 Å². The minimum atomic E-state index is 0.890. The second kappa shape index (κ2) is 12.4. The Morgan fingerprint density at radius 3 is 1.67 bits per heavy atom. The molecule has 3 heterocycles. The number of fused-ring (bicyclic) bond motifs is 5. The van der Waals surface area contributed by atoms with E-state index in [0.717, 1.165) is 78.2 Å². The van der Waals surface area contributed by atoms with Gasteiger partial charge in [0.15, 0.2) is 0 Å². The zero-order chi connectivity index (χ0) is 34.4. The van der Waals surface area contributed by atoms with E-state index in [1.165, 1.54) is 11.1 Å². The van der Waals surface area contributed by atoms with Crippen molar-refractivity contribution >= 4 is 27.8 Å². The molecule has 0 fully saturated rings. The second-order valence-electron chi connectivity index (χ2n) is 13.0. The predicted molar refractivity (Wildman–Crippen MR) is 215 cm³/mol. The lowest BCUT2D eigenvalue weighted by molar-refractivity contribution is 1.11. The molecule has 7 aromatic carbocycles. The second-order valence-corrected chi connectivity index (χ2v) is 13.0. The van der Waals surface area contributed by atoms with Crippen LogP contribution in [-0.2, 0) is 0 Å². The molecule has 0 aliphatic carbocycles. The Balaban J connectivity index is 1.34. The largest absolute Gasteiger partial charge is 0.278 e. The molecule has 4 nitrogen and oxygen atoms in total. The molecular formula is C48H32N4. The molecule has 0 aliphatic heterocycles. The van der Waals surface area contributed by atoms with Crippen molar-refractivity contribution in [1.82, 2.24) is 18.9 Å². The maximum Gasteiger partial charge on any atom is 0.220 e. The van der Waals surface area contributed by atoms with E-state index >= 15 is 0 Å². The third-order valence-corrected chi connectivity index (χ3v) is 9.98. The van der Waals surface area contributed by atoms with Crippen LogP contribution in [-0.4, -0.2) is 18.9 Å². The van der Waals surface area contributed by atoms with Crippen molar-refractivity contribution in [3.63, 3.8) is 0 Å². The molecule has 3 aromatic heterocycles. The number of pyridine rings is 1. The fourth-order valence-corrected chi connectivity index (χ4v) is 7.76. The third-order valence-electron chi connectivity index (χ3n) is 9.98. The molecule has 0 saturated heterocycles. The summed E-state index contributed by atoms with van der Waals surface area (Å²) in [6.07, 6.45) is 1.88. The van der Waals surface area contributed by atoms with E-state index in [-0.39, 0.29) is 0 Å². The number of rotatable bonds is 6. The van der Waals surface area contributed by atoms with Crippen molar-refractivity contribution < 1.29 is 0 Å². The summed E-state index contributed by atoms with van der Waals surface area (Å²) in [7, 11) is 0. The lowest BCUT2D eigenvalue weighted by Gasteiger charge is -2.24. The summed E-state index contributed by atoms with van der Waals surface area (Å²) >= 11 is 0. The number of aromatic nitrogens is 4. The Morgan fingerprint density at radius 1 is 0.385 bits per heavy atom. The van der Waals surface area contributed by atoms with E-state index in [1.807, 2.05) is 12.3 Å². The summed E-state index contributed by atoms with van der Waals surface area (Å²) in [6, 6.07) is 66.7. The normalized spacial score (nSPS) is 11.5. The summed E-state index contributed by atoms with van der Waals surface area (Å²) < 4.78 is 4.57. The van der Waals surface area contributed by atoms with Gasteiger partial charge < -0.3 is 0 Å². The molecule has 0 saturated carbocycles. The van der Waals surface area contributed by atoms with Gasteiger partial charge in [0.1, 0.15) is 0 Å². The molecule has 244 valence electrons. The quantitative estimate of drug-likeness (QED) is 0.177. The average molecular weight is 665 g/mol. The van der Waals surface area contributed by atoms with Crippen LogP contribution in [0, 0.1) is 0 Å². The molecular weight excluding hydrogens is 633 g/mol. The maximum atomic E-state index is 5.18. The predicted octanol–water partition coefficient (Wildman–Crippen LogP) is 12.2. The molecule has 0 amide bonds. The summed E-state index contributed by atoms with van der Waals surface area (Å²) in [5.41, 5.74) is 16.5. The zero-order valence-electron chi connectivity index (χ0n) is 28.3. The van der Waals surface area contributed by atoms with Gasteiger partial charge in [-0.1, -0.05) is 133 Å². The van der Waals surface area contributed by atoms with Gasteiger partial charge in [-0.3, -0.25) is 14.0 Å².